The first-order chi connectivity index (χ1) is 11.1. The van der Waals surface area contributed by atoms with E-state index in [0.717, 1.165) is 32.1 Å². The summed E-state index contributed by atoms with van der Waals surface area (Å²) < 4.78 is 5.75. The molecule has 0 amide bonds. The Morgan fingerprint density at radius 3 is 2.83 bits per heavy atom. The lowest BCUT2D eigenvalue weighted by atomic mass is 9.55. The molecule has 23 heavy (non-hydrogen) atoms. The van der Waals surface area contributed by atoms with Crippen LogP contribution in [0.25, 0.3) is 0 Å². The van der Waals surface area contributed by atoms with Crippen LogP contribution < -0.4 is 4.74 Å². The van der Waals surface area contributed by atoms with Gasteiger partial charge in [0, 0.05) is 5.56 Å². The van der Waals surface area contributed by atoms with Crippen molar-refractivity contribution in [1.82, 2.24) is 0 Å². The van der Waals surface area contributed by atoms with Crippen LogP contribution in [0.1, 0.15) is 63.0 Å². The number of phenols is 1. The highest BCUT2D eigenvalue weighted by molar-refractivity contribution is 5.52. The maximum absolute atomic E-state index is 10.5. The Hall–Kier alpha value is -1.22. The molecule has 1 aromatic carbocycles. The van der Waals surface area contributed by atoms with Crippen molar-refractivity contribution in [3.05, 3.63) is 23.3 Å². The quantitative estimate of drug-likeness (QED) is 0.867. The Bertz CT molecular complexity index is 611. The predicted molar refractivity (Wildman–Crippen MR) is 89.9 cm³/mol. The third-order valence-corrected chi connectivity index (χ3v) is 7.08. The van der Waals surface area contributed by atoms with Crippen LogP contribution in [-0.2, 0) is 6.42 Å². The average Bonchev–Trinajstić information content (AvgIpc) is 2.85. The Kier molecular flexibility index (Phi) is 3.60. The highest BCUT2D eigenvalue weighted by Crippen LogP contribution is 2.61. The first kappa shape index (κ1) is 15.3. The lowest BCUT2D eigenvalue weighted by molar-refractivity contribution is -0.0227. The second kappa shape index (κ2) is 5.41. The van der Waals surface area contributed by atoms with Crippen molar-refractivity contribution in [2.75, 3.05) is 6.61 Å². The number of phenolic OH excluding ortho intramolecular Hbond substituents is 1. The third kappa shape index (κ3) is 2.12. The van der Waals surface area contributed by atoms with E-state index in [4.69, 9.17) is 4.74 Å². The normalized spacial score (nSPS) is 38.6. The van der Waals surface area contributed by atoms with E-state index in [0.29, 0.717) is 30.1 Å². The van der Waals surface area contributed by atoms with Crippen molar-refractivity contribution in [1.29, 1.82) is 0 Å². The number of aliphatic hydroxyl groups excluding tert-OH is 1. The molecule has 4 rings (SSSR count). The van der Waals surface area contributed by atoms with Crippen LogP contribution in [0.5, 0.6) is 11.5 Å². The van der Waals surface area contributed by atoms with Gasteiger partial charge in [0.1, 0.15) is 0 Å². The van der Waals surface area contributed by atoms with Gasteiger partial charge in [-0.2, -0.15) is 0 Å². The van der Waals surface area contributed by atoms with E-state index < -0.39 is 0 Å². The summed E-state index contributed by atoms with van der Waals surface area (Å²) in [5, 5.41) is 20.6. The van der Waals surface area contributed by atoms with Gasteiger partial charge in [0.2, 0.25) is 0 Å². The minimum atomic E-state index is -0.117. The van der Waals surface area contributed by atoms with Gasteiger partial charge in [-0.25, -0.2) is 0 Å². The maximum atomic E-state index is 10.5. The second-order valence-corrected chi connectivity index (χ2v) is 7.97. The van der Waals surface area contributed by atoms with Gasteiger partial charge in [-0.1, -0.05) is 13.0 Å². The highest BCUT2D eigenvalue weighted by Gasteiger charge is 2.54. The van der Waals surface area contributed by atoms with Crippen LogP contribution in [0.3, 0.4) is 0 Å². The van der Waals surface area contributed by atoms with Gasteiger partial charge in [0.25, 0.3) is 0 Å². The number of fused-ring (bicyclic) bond motifs is 5. The molecule has 3 aliphatic rings. The number of aliphatic hydroxyl groups is 1. The fourth-order valence-electron chi connectivity index (χ4n) is 5.90. The molecule has 0 spiro atoms. The zero-order chi connectivity index (χ0) is 16.2. The lowest BCUT2D eigenvalue weighted by Crippen LogP contribution is -2.43. The van der Waals surface area contributed by atoms with Crippen molar-refractivity contribution >= 4 is 0 Å². The Balaban J connectivity index is 1.71. The van der Waals surface area contributed by atoms with E-state index in [1.54, 1.807) is 0 Å². The predicted octanol–water partition coefficient (Wildman–Crippen LogP) is 4.01. The molecule has 3 heteroatoms. The molecule has 3 nitrogen and oxygen atoms in total. The minimum Gasteiger partial charge on any atom is -0.504 e. The van der Waals surface area contributed by atoms with Crippen molar-refractivity contribution in [3.63, 3.8) is 0 Å². The number of rotatable bonds is 2. The Morgan fingerprint density at radius 1 is 1.22 bits per heavy atom. The van der Waals surface area contributed by atoms with Crippen molar-refractivity contribution < 1.29 is 14.9 Å². The summed E-state index contributed by atoms with van der Waals surface area (Å²) in [4.78, 5) is 0. The molecule has 1 aromatic rings. The SMILES string of the molecule is CCOc1c(O)ccc2c1CC[C@@H]1[C@@H]2CC[C@]2(C)[C@@H](O)CC[C@@H]12. The fraction of sp³-hybridized carbons (Fsp3) is 0.700. The molecule has 0 aliphatic heterocycles. The summed E-state index contributed by atoms with van der Waals surface area (Å²) in [5.41, 5.74) is 2.75. The molecule has 2 N–H and O–H groups in total. The molecule has 3 aliphatic carbocycles. The van der Waals surface area contributed by atoms with Gasteiger partial charge in [0.05, 0.1) is 12.7 Å². The Morgan fingerprint density at radius 2 is 2.04 bits per heavy atom. The minimum absolute atomic E-state index is 0.117. The van der Waals surface area contributed by atoms with Crippen LogP contribution >= 0.6 is 0 Å². The van der Waals surface area contributed by atoms with E-state index in [-0.39, 0.29) is 17.3 Å². The maximum Gasteiger partial charge on any atom is 0.164 e. The Labute approximate surface area is 138 Å². The molecular formula is C20H28O3. The lowest BCUT2D eigenvalue weighted by Gasteiger charge is -2.50. The van der Waals surface area contributed by atoms with Crippen molar-refractivity contribution in [2.45, 2.75) is 64.4 Å². The summed E-state index contributed by atoms with van der Waals surface area (Å²) in [5.74, 6) is 2.89. The van der Waals surface area contributed by atoms with Crippen LogP contribution in [0, 0.1) is 17.3 Å². The molecule has 0 heterocycles. The van der Waals surface area contributed by atoms with Gasteiger partial charge < -0.3 is 14.9 Å². The average molecular weight is 316 g/mol. The van der Waals surface area contributed by atoms with Crippen LogP contribution in [0.2, 0.25) is 0 Å². The largest absolute Gasteiger partial charge is 0.504 e. The van der Waals surface area contributed by atoms with Gasteiger partial charge in [-0.3, -0.25) is 0 Å². The fourth-order valence-corrected chi connectivity index (χ4v) is 5.90. The van der Waals surface area contributed by atoms with Crippen LogP contribution in [0.4, 0.5) is 0 Å². The first-order valence-corrected chi connectivity index (χ1v) is 9.22. The number of hydrogen-bond donors (Lipinski definition) is 2. The van der Waals surface area contributed by atoms with Crippen LogP contribution in [-0.4, -0.2) is 22.9 Å². The molecule has 0 saturated heterocycles. The van der Waals surface area contributed by atoms with E-state index in [2.05, 4.69) is 13.0 Å². The summed E-state index contributed by atoms with van der Waals surface area (Å²) in [7, 11) is 0. The summed E-state index contributed by atoms with van der Waals surface area (Å²) in [6.45, 7) is 4.87. The zero-order valence-corrected chi connectivity index (χ0v) is 14.2. The number of aromatic hydroxyl groups is 1. The summed E-state index contributed by atoms with van der Waals surface area (Å²) in [6, 6.07) is 3.93. The summed E-state index contributed by atoms with van der Waals surface area (Å²) in [6.07, 6.45) is 6.44. The number of hydrogen-bond acceptors (Lipinski definition) is 3. The van der Waals surface area contributed by atoms with E-state index in [1.807, 2.05) is 13.0 Å². The van der Waals surface area contributed by atoms with Crippen molar-refractivity contribution in [2.24, 2.45) is 17.3 Å². The number of ether oxygens (including phenoxy) is 1. The van der Waals surface area contributed by atoms with E-state index >= 15 is 0 Å². The first-order valence-electron chi connectivity index (χ1n) is 9.22. The molecule has 0 unspecified atom stereocenters. The van der Waals surface area contributed by atoms with E-state index in [9.17, 15) is 10.2 Å². The second-order valence-electron chi connectivity index (χ2n) is 7.97. The smallest absolute Gasteiger partial charge is 0.164 e. The molecule has 5 atom stereocenters. The zero-order valence-electron chi connectivity index (χ0n) is 14.2. The molecule has 2 saturated carbocycles. The third-order valence-electron chi connectivity index (χ3n) is 7.08. The topological polar surface area (TPSA) is 49.7 Å². The molecular weight excluding hydrogens is 288 g/mol. The van der Waals surface area contributed by atoms with Crippen molar-refractivity contribution in [3.8, 4) is 11.5 Å². The van der Waals surface area contributed by atoms with Crippen LogP contribution in [0.15, 0.2) is 12.1 Å². The molecule has 2 fully saturated rings. The summed E-state index contributed by atoms with van der Waals surface area (Å²) >= 11 is 0. The van der Waals surface area contributed by atoms with Gasteiger partial charge >= 0.3 is 0 Å². The van der Waals surface area contributed by atoms with Gasteiger partial charge in [-0.15, -0.1) is 0 Å². The van der Waals surface area contributed by atoms with E-state index in [1.165, 1.54) is 17.5 Å². The molecule has 0 aromatic heterocycles. The molecule has 0 bridgehead atoms. The monoisotopic (exact) mass is 316 g/mol. The standard InChI is InChI=1S/C20H28O3/c1-3-23-19-15-5-4-14-13(12(15)6-8-17(19)21)10-11-20(2)16(14)7-9-18(20)22/h6,8,13-14,16,18,21-22H,3-5,7,9-11H2,1-2H3/t13-,14-,16+,18+,20+/m1/s1. The molecule has 0 radical (unpaired) electrons. The highest BCUT2D eigenvalue weighted by atomic mass is 16.5. The van der Waals surface area contributed by atoms with Gasteiger partial charge in [-0.05, 0) is 80.2 Å². The molecule has 126 valence electrons. The number of benzene rings is 1. The van der Waals surface area contributed by atoms with Gasteiger partial charge in [0.15, 0.2) is 11.5 Å².